The zero-order chi connectivity index (χ0) is 19.8. The quantitative estimate of drug-likeness (QED) is 0.594. The molecule has 3 rings (SSSR count). The Morgan fingerprint density at radius 1 is 1.33 bits per heavy atom. The van der Waals surface area contributed by atoms with E-state index < -0.39 is 5.60 Å². The normalized spacial score (nSPS) is 17.3. The van der Waals surface area contributed by atoms with Gasteiger partial charge in [0, 0.05) is 24.0 Å². The first-order valence-electron chi connectivity index (χ1n) is 9.98. The predicted molar refractivity (Wildman–Crippen MR) is 114 cm³/mol. The van der Waals surface area contributed by atoms with Gasteiger partial charge in [-0.05, 0) is 91.1 Å². The molecule has 0 radical (unpaired) electrons. The average Bonchev–Trinajstić information content (AvgIpc) is 2.94. The van der Waals surface area contributed by atoms with Crippen LogP contribution < -0.4 is 0 Å². The van der Waals surface area contributed by atoms with Crippen LogP contribution in [0.4, 0.5) is 4.79 Å². The van der Waals surface area contributed by atoms with Crippen molar-refractivity contribution in [1.82, 2.24) is 9.88 Å². The van der Waals surface area contributed by atoms with Gasteiger partial charge in [0.15, 0.2) is 0 Å². The summed E-state index contributed by atoms with van der Waals surface area (Å²) in [7, 11) is 0. The molecule has 5 heteroatoms. The van der Waals surface area contributed by atoms with Crippen molar-refractivity contribution in [2.75, 3.05) is 13.1 Å². The van der Waals surface area contributed by atoms with Gasteiger partial charge < -0.3 is 14.6 Å². The van der Waals surface area contributed by atoms with E-state index in [-0.39, 0.29) is 6.09 Å². The average molecular weight is 435 g/mol. The van der Waals surface area contributed by atoms with Gasteiger partial charge in [-0.15, -0.1) is 0 Å². The molecule has 0 bridgehead atoms. The number of fused-ring (bicyclic) bond motifs is 1. The Labute approximate surface area is 170 Å². The van der Waals surface area contributed by atoms with Crippen molar-refractivity contribution in [1.29, 1.82) is 0 Å². The molecule has 1 aliphatic rings. The van der Waals surface area contributed by atoms with Crippen LogP contribution >= 0.6 is 15.9 Å². The molecule has 1 aliphatic heterocycles. The molecule has 27 heavy (non-hydrogen) atoms. The number of rotatable bonds is 3. The van der Waals surface area contributed by atoms with Gasteiger partial charge in [-0.1, -0.05) is 19.9 Å². The monoisotopic (exact) mass is 434 g/mol. The van der Waals surface area contributed by atoms with E-state index in [2.05, 4.69) is 53.0 Å². The van der Waals surface area contributed by atoms with Gasteiger partial charge in [-0.25, -0.2) is 4.79 Å². The van der Waals surface area contributed by atoms with E-state index in [1.54, 1.807) is 0 Å². The molecular formula is C22H31BrN2O2. The minimum absolute atomic E-state index is 0.190. The van der Waals surface area contributed by atoms with Crippen molar-refractivity contribution in [3.8, 4) is 0 Å². The number of hydrogen-bond donors (Lipinski definition) is 1. The molecule has 148 valence electrons. The van der Waals surface area contributed by atoms with Crippen molar-refractivity contribution in [3.63, 3.8) is 0 Å². The van der Waals surface area contributed by atoms with Crippen molar-refractivity contribution in [2.45, 2.75) is 71.3 Å². The van der Waals surface area contributed by atoms with Crippen LogP contribution in [0.1, 0.15) is 76.8 Å². The smallest absolute Gasteiger partial charge is 0.410 e. The third-order valence-corrected chi connectivity index (χ3v) is 6.16. The fraction of sp³-hybridized carbons (Fsp3) is 0.591. The molecule has 2 aromatic rings. The summed E-state index contributed by atoms with van der Waals surface area (Å²) >= 11 is 3.71. The van der Waals surface area contributed by atoms with Gasteiger partial charge in [0.05, 0.1) is 4.60 Å². The number of halogens is 1. The number of amides is 1. The van der Waals surface area contributed by atoms with Crippen LogP contribution in [-0.4, -0.2) is 34.7 Å². The van der Waals surface area contributed by atoms with Crippen molar-refractivity contribution >= 4 is 32.9 Å². The lowest BCUT2D eigenvalue weighted by molar-refractivity contribution is 0.0205. The summed E-state index contributed by atoms with van der Waals surface area (Å²) in [6.07, 6.45) is 2.89. The number of nitrogens with one attached hydrogen (secondary N) is 1. The Hall–Kier alpha value is -1.49. The number of likely N-dealkylation sites (tertiary alicyclic amines) is 1. The summed E-state index contributed by atoms with van der Waals surface area (Å²) in [5.41, 5.74) is 3.50. The molecule has 0 spiro atoms. The molecule has 1 aromatic carbocycles. The second kappa shape index (κ2) is 7.86. The van der Waals surface area contributed by atoms with Gasteiger partial charge in [0.1, 0.15) is 5.60 Å². The molecule has 1 unspecified atom stereocenters. The molecule has 0 saturated carbocycles. The largest absolute Gasteiger partial charge is 0.444 e. The first-order valence-corrected chi connectivity index (χ1v) is 10.8. The number of nitrogens with zero attached hydrogens (tertiary/aromatic N) is 1. The molecule has 0 aliphatic carbocycles. The van der Waals surface area contributed by atoms with Crippen LogP contribution in [0.5, 0.6) is 0 Å². The minimum Gasteiger partial charge on any atom is -0.444 e. The number of H-pyrrole nitrogens is 1. The third-order valence-electron chi connectivity index (χ3n) is 5.54. The van der Waals surface area contributed by atoms with Gasteiger partial charge in [0.2, 0.25) is 0 Å². The number of aromatic amines is 1. The van der Waals surface area contributed by atoms with Crippen molar-refractivity contribution in [3.05, 3.63) is 33.9 Å². The number of ether oxygens (including phenoxy) is 1. The van der Waals surface area contributed by atoms with E-state index in [1.807, 2.05) is 25.7 Å². The Kier molecular flexibility index (Phi) is 5.90. The summed E-state index contributed by atoms with van der Waals surface area (Å²) in [5.74, 6) is 1.00. The zero-order valence-electron chi connectivity index (χ0n) is 17.1. The number of piperidine rings is 1. The van der Waals surface area contributed by atoms with E-state index in [4.69, 9.17) is 4.74 Å². The maximum atomic E-state index is 12.3. The number of aromatic nitrogens is 1. The van der Waals surface area contributed by atoms with Crippen molar-refractivity contribution in [2.24, 2.45) is 0 Å². The van der Waals surface area contributed by atoms with E-state index in [1.165, 1.54) is 22.0 Å². The number of benzene rings is 1. The summed E-state index contributed by atoms with van der Waals surface area (Å²) in [5, 5.41) is 1.32. The maximum absolute atomic E-state index is 12.3. The lowest BCUT2D eigenvalue weighted by Gasteiger charge is -2.33. The van der Waals surface area contributed by atoms with E-state index in [0.717, 1.165) is 37.0 Å². The molecule has 1 amide bonds. The zero-order valence-corrected chi connectivity index (χ0v) is 18.6. The molecule has 2 heterocycles. The summed E-state index contributed by atoms with van der Waals surface area (Å²) in [4.78, 5) is 17.6. The maximum Gasteiger partial charge on any atom is 0.410 e. The van der Waals surface area contributed by atoms with Gasteiger partial charge in [0.25, 0.3) is 0 Å². The highest BCUT2D eigenvalue weighted by atomic mass is 79.9. The SMILES string of the molecule is CCC(C)c1c(Br)[nH]c2ccc(C3CCN(C(=O)OC(C)(C)C)CC3)cc12. The highest BCUT2D eigenvalue weighted by Crippen LogP contribution is 2.37. The van der Waals surface area contributed by atoms with Crippen LogP contribution in [0.15, 0.2) is 22.8 Å². The topological polar surface area (TPSA) is 45.3 Å². The highest BCUT2D eigenvalue weighted by molar-refractivity contribution is 9.10. The van der Waals surface area contributed by atoms with Crippen LogP contribution in [0.3, 0.4) is 0 Å². The van der Waals surface area contributed by atoms with Crippen LogP contribution in [0, 0.1) is 0 Å². The summed E-state index contributed by atoms with van der Waals surface area (Å²) in [6.45, 7) is 11.8. The fourth-order valence-corrected chi connectivity index (χ4v) is 4.68. The first-order chi connectivity index (χ1) is 12.7. The number of carbonyl (C=O) groups excluding carboxylic acids is 1. The Morgan fingerprint density at radius 3 is 2.59 bits per heavy atom. The second-order valence-electron chi connectivity index (χ2n) is 8.71. The number of hydrogen-bond acceptors (Lipinski definition) is 2. The number of carbonyl (C=O) groups is 1. The van der Waals surface area contributed by atoms with Gasteiger partial charge in [-0.2, -0.15) is 0 Å². The lowest BCUT2D eigenvalue weighted by Crippen LogP contribution is -2.41. The van der Waals surface area contributed by atoms with Gasteiger partial charge in [-0.3, -0.25) is 0 Å². The van der Waals surface area contributed by atoms with E-state index in [0.29, 0.717) is 11.8 Å². The molecular weight excluding hydrogens is 404 g/mol. The van der Waals surface area contributed by atoms with E-state index in [9.17, 15) is 4.79 Å². The second-order valence-corrected chi connectivity index (χ2v) is 9.50. The fourth-order valence-electron chi connectivity index (χ4n) is 3.86. The van der Waals surface area contributed by atoms with Gasteiger partial charge >= 0.3 is 6.09 Å². The first kappa shape index (κ1) is 20.2. The molecule has 1 fully saturated rings. The molecule has 1 atom stereocenters. The molecule has 1 aromatic heterocycles. The van der Waals surface area contributed by atoms with E-state index >= 15 is 0 Å². The third kappa shape index (κ3) is 4.50. The van der Waals surface area contributed by atoms with Crippen LogP contribution in [-0.2, 0) is 4.74 Å². The molecule has 1 N–H and O–H groups in total. The van der Waals surface area contributed by atoms with Crippen LogP contribution in [0.25, 0.3) is 10.9 Å². The lowest BCUT2D eigenvalue weighted by atomic mass is 9.88. The predicted octanol–water partition coefficient (Wildman–Crippen LogP) is 6.56. The summed E-state index contributed by atoms with van der Waals surface area (Å²) < 4.78 is 6.61. The molecule has 1 saturated heterocycles. The highest BCUT2D eigenvalue weighted by Gasteiger charge is 2.28. The Morgan fingerprint density at radius 2 is 2.00 bits per heavy atom. The molecule has 4 nitrogen and oxygen atoms in total. The van der Waals surface area contributed by atoms with Crippen molar-refractivity contribution < 1.29 is 9.53 Å². The summed E-state index contributed by atoms with van der Waals surface area (Å²) in [6, 6.07) is 6.78. The standard InChI is InChI=1S/C22H31BrN2O2/c1-6-14(2)19-17-13-16(7-8-18(17)24-20(19)23)15-9-11-25(12-10-15)21(26)27-22(3,4)5/h7-8,13-15,24H,6,9-12H2,1-5H3. The van der Waals surface area contributed by atoms with Crippen LogP contribution in [0.2, 0.25) is 0 Å². The Bertz CT molecular complexity index is 814. The minimum atomic E-state index is -0.437. The Balaban J connectivity index is 1.75.